The summed E-state index contributed by atoms with van der Waals surface area (Å²) in [5.41, 5.74) is 0.355. The molecule has 1 aromatic heterocycles. The number of nitrogens with one attached hydrogen (secondary N) is 1. The Labute approximate surface area is 89.8 Å². The predicted molar refractivity (Wildman–Crippen MR) is 57.8 cm³/mol. The van der Waals surface area contributed by atoms with Crippen LogP contribution < -0.4 is 0 Å². The predicted octanol–water partition coefficient (Wildman–Crippen LogP) is 2.30. The molecule has 0 amide bonds. The van der Waals surface area contributed by atoms with Gasteiger partial charge in [-0.05, 0) is 12.1 Å². The molecule has 1 heterocycles. The fourth-order valence-electron chi connectivity index (χ4n) is 1.42. The number of hydrogen-bond acceptors (Lipinski definition) is 3. The van der Waals surface area contributed by atoms with Crippen molar-refractivity contribution < 1.29 is 15.0 Å². The molecular weight excluding hydrogens is 214 g/mol. The van der Waals surface area contributed by atoms with Crippen LogP contribution in [0.25, 0.3) is 10.9 Å². The van der Waals surface area contributed by atoms with E-state index in [1.807, 2.05) is 0 Å². The van der Waals surface area contributed by atoms with Gasteiger partial charge in [0, 0.05) is 5.39 Å². The van der Waals surface area contributed by atoms with E-state index in [2.05, 4.69) is 4.98 Å². The van der Waals surface area contributed by atoms with Gasteiger partial charge in [-0.15, -0.1) is 0 Å². The lowest BCUT2D eigenvalue weighted by Crippen LogP contribution is -2.00. The minimum atomic E-state index is -1.24. The van der Waals surface area contributed by atoms with Gasteiger partial charge < -0.3 is 15.2 Å². The molecule has 4 nitrogen and oxygen atoms in total. The van der Waals surface area contributed by atoms with E-state index in [4.69, 9.17) is 17.3 Å². The SMILES string of the molecule is O=C(O)c1c(O)c2ccccc2[nH]c1=S. The molecule has 0 fully saturated rings. The molecule has 2 rings (SSSR count). The van der Waals surface area contributed by atoms with Gasteiger partial charge in [-0.1, -0.05) is 24.4 Å². The average molecular weight is 221 g/mol. The smallest absolute Gasteiger partial charge is 0.342 e. The van der Waals surface area contributed by atoms with Crippen molar-refractivity contribution in [1.82, 2.24) is 4.98 Å². The first-order chi connectivity index (χ1) is 7.11. The van der Waals surface area contributed by atoms with Crippen molar-refractivity contribution in [1.29, 1.82) is 0 Å². The van der Waals surface area contributed by atoms with Crippen LogP contribution in [0.4, 0.5) is 0 Å². The second kappa shape index (κ2) is 3.36. The molecule has 0 unspecified atom stereocenters. The molecule has 5 heteroatoms. The van der Waals surface area contributed by atoms with Gasteiger partial charge in [0.15, 0.2) is 0 Å². The second-order valence-electron chi connectivity index (χ2n) is 3.03. The third-order valence-corrected chi connectivity index (χ3v) is 2.41. The third kappa shape index (κ3) is 1.46. The van der Waals surface area contributed by atoms with Crippen molar-refractivity contribution in [3.63, 3.8) is 0 Å². The number of aromatic hydroxyl groups is 1. The van der Waals surface area contributed by atoms with Crippen LogP contribution in [0.2, 0.25) is 0 Å². The second-order valence-corrected chi connectivity index (χ2v) is 3.44. The molecule has 0 aliphatic rings. The lowest BCUT2D eigenvalue weighted by Gasteiger charge is -2.04. The first kappa shape index (κ1) is 9.67. The van der Waals surface area contributed by atoms with Crippen LogP contribution in [0, 0.1) is 4.64 Å². The normalized spacial score (nSPS) is 10.4. The number of aromatic amines is 1. The van der Waals surface area contributed by atoms with Crippen molar-refractivity contribution in [3.05, 3.63) is 34.5 Å². The Morgan fingerprint density at radius 3 is 2.67 bits per heavy atom. The zero-order valence-corrected chi connectivity index (χ0v) is 8.34. The molecular formula is C10H7NO3S. The highest BCUT2D eigenvalue weighted by Gasteiger charge is 2.15. The maximum absolute atomic E-state index is 10.8. The molecule has 1 aromatic carbocycles. The fourth-order valence-corrected chi connectivity index (χ4v) is 1.72. The van der Waals surface area contributed by atoms with E-state index in [1.54, 1.807) is 24.3 Å². The number of aromatic carboxylic acids is 1. The number of aromatic nitrogens is 1. The summed E-state index contributed by atoms with van der Waals surface area (Å²) in [6.07, 6.45) is 0. The Bertz CT molecular complexity index is 603. The number of carboxylic acid groups (broad SMARTS) is 1. The highest BCUT2D eigenvalue weighted by Crippen LogP contribution is 2.27. The lowest BCUT2D eigenvalue weighted by atomic mass is 10.1. The number of para-hydroxylation sites is 1. The summed E-state index contributed by atoms with van der Waals surface area (Å²) in [7, 11) is 0. The number of benzene rings is 1. The van der Waals surface area contributed by atoms with Crippen molar-refractivity contribution in [2.75, 3.05) is 0 Å². The quantitative estimate of drug-likeness (QED) is 0.646. The molecule has 0 spiro atoms. The van der Waals surface area contributed by atoms with Crippen LogP contribution in [0.1, 0.15) is 10.4 Å². The van der Waals surface area contributed by atoms with Crippen LogP contribution in [0.15, 0.2) is 24.3 Å². The van der Waals surface area contributed by atoms with Gasteiger partial charge in [-0.2, -0.15) is 0 Å². The molecule has 15 heavy (non-hydrogen) atoms. The number of hydrogen-bond donors (Lipinski definition) is 3. The summed E-state index contributed by atoms with van der Waals surface area (Å²) in [6, 6.07) is 6.83. The topological polar surface area (TPSA) is 73.3 Å². The standard InChI is InChI=1S/C10H7NO3S/c12-8-5-3-1-2-4-6(5)11-9(15)7(8)10(13)14/h1-4H,(H,13,14)(H2,11,12,15). The van der Waals surface area contributed by atoms with Crippen LogP contribution in [0.5, 0.6) is 5.75 Å². The van der Waals surface area contributed by atoms with Crippen LogP contribution in [-0.4, -0.2) is 21.2 Å². The van der Waals surface area contributed by atoms with Crippen molar-refractivity contribution in [3.8, 4) is 5.75 Å². The lowest BCUT2D eigenvalue weighted by molar-refractivity contribution is 0.0693. The van der Waals surface area contributed by atoms with E-state index in [-0.39, 0.29) is 16.0 Å². The van der Waals surface area contributed by atoms with E-state index in [0.717, 1.165) is 0 Å². The molecule has 0 saturated heterocycles. The Balaban J connectivity index is 2.97. The number of fused-ring (bicyclic) bond motifs is 1. The van der Waals surface area contributed by atoms with Crippen molar-refractivity contribution in [2.45, 2.75) is 0 Å². The van der Waals surface area contributed by atoms with Crippen molar-refractivity contribution in [2.24, 2.45) is 0 Å². The van der Waals surface area contributed by atoms with Gasteiger partial charge in [0.05, 0.1) is 5.52 Å². The minimum absolute atomic E-state index is 0.0266. The maximum atomic E-state index is 10.8. The highest BCUT2D eigenvalue weighted by molar-refractivity contribution is 7.71. The van der Waals surface area contributed by atoms with E-state index >= 15 is 0 Å². The largest absolute Gasteiger partial charge is 0.506 e. The third-order valence-electron chi connectivity index (χ3n) is 2.11. The highest BCUT2D eigenvalue weighted by atomic mass is 32.1. The van der Waals surface area contributed by atoms with Gasteiger partial charge in [-0.3, -0.25) is 0 Å². The molecule has 0 radical (unpaired) electrons. The molecule has 0 bridgehead atoms. The summed E-state index contributed by atoms with van der Waals surface area (Å²) < 4.78 is 0.0266. The van der Waals surface area contributed by atoms with Gasteiger partial charge in [0.2, 0.25) is 0 Å². The first-order valence-electron chi connectivity index (χ1n) is 4.18. The van der Waals surface area contributed by atoms with Gasteiger partial charge in [-0.25, -0.2) is 4.79 Å². The fraction of sp³-hybridized carbons (Fsp3) is 0. The van der Waals surface area contributed by atoms with Crippen molar-refractivity contribution >= 4 is 29.1 Å². The molecule has 3 N–H and O–H groups in total. The Morgan fingerprint density at radius 1 is 1.33 bits per heavy atom. The van der Waals surface area contributed by atoms with Crippen LogP contribution in [0.3, 0.4) is 0 Å². The Hall–Kier alpha value is -1.88. The summed E-state index contributed by atoms with van der Waals surface area (Å²) in [5.74, 6) is -1.53. The number of H-pyrrole nitrogens is 1. The van der Waals surface area contributed by atoms with Gasteiger partial charge >= 0.3 is 5.97 Å². The van der Waals surface area contributed by atoms with E-state index in [0.29, 0.717) is 10.9 Å². The van der Waals surface area contributed by atoms with E-state index < -0.39 is 5.97 Å². The van der Waals surface area contributed by atoms with Crippen LogP contribution >= 0.6 is 12.2 Å². The minimum Gasteiger partial charge on any atom is -0.506 e. The van der Waals surface area contributed by atoms with Crippen LogP contribution in [-0.2, 0) is 0 Å². The van der Waals surface area contributed by atoms with E-state index in [1.165, 1.54) is 0 Å². The van der Waals surface area contributed by atoms with E-state index in [9.17, 15) is 9.90 Å². The number of pyridine rings is 1. The molecule has 0 aliphatic carbocycles. The number of rotatable bonds is 1. The zero-order chi connectivity index (χ0) is 11.0. The summed E-state index contributed by atoms with van der Waals surface area (Å²) in [6.45, 7) is 0. The Morgan fingerprint density at radius 2 is 2.00 bits per heavy atom. The average Bonchev–Trinajstić information content (AvgIpc) is 2.17. The maximum Gasteiger partial charge on any atom is 0.342 e. The van der Waals surface area contributed by atoms with Gasteiger partial charge in [0.1, 0.15) is 16.0 Å². The molecule has 76 valence electrons. The summed E-state index contributed by atoms with van der Waals surface area (Å²) in [4.78, 5) is 13.6. The summed E-state index contributed by atoms with van der Waals surface area (Å²) >= 11 is 4.85. The molecule has 0 atom stereocenters. The monoisotopic (exact) mass is 221 g/mol. The zero-order valence-electron chi connectivity index (χ0n) is 7.52. The molecule has 0 saturated carbocycles. The van der Waals surface area contributed by atoms with Gasteiger partial charge in [0.25, 0.3) is 0 Å². The number of carbonyl (C=O) groups is 1. The summed E-state index contributed by atoms with van der Waals surface area (Å²) in [5, 5.41) is 19.0. The Kier molecular flexibility index (Phi) is 2.17. The number of carboxylic acids is 1. The first-order valence-corrected chi connectivity index (χ1v) is 4.59. The molecule has 0 aliphatic heterocycles. The molecule has 2 aromatic rings.